The van der Waals surface area contributed by atoms with E-state index in [1.807, 2.05) is 133 Å². The highest BCUT2D eigenvalue weighted by atomic mass is 15.0. The van der Waals surface area contributed by atoms with E-state index in [0.717, 1.165) is 32.9 Å². The second-order valence-corrected chi connectivity index (χ2v) is 13.3. The molecule has 0 aliphatic carbocycles. The second kappa shape index (κ2) is 14.3. The van der Waals surface area contributed by atoms with Crippen molar-refractivity contribution >= 4 is 21.8 Å². The lowest BCUT2D eigenvalue weighted by atomic mass is 9.89. The van der Waals surface area contributed by atoms with Crippen molar-refractivity contribution in [3.8, 4) is 86.4 Å². The van der Waals surface area contributed by atoms with Crippen molar-refractivity contribution in [2.45, 2.75) is 0 Å². The Kier molecular flexibility index (Phi) is 8.54. The van der Waals surface area contributed by atoms with E-state index in [1.165, 1.54) is 0 Å². The van der Waals surface area contributed by atoms with Gasteiger partial charge in [0.2, 0.25) is 0 Å². The van der Waals surface area contributed by atoms with Gasteiger partial charge < -0.3 is 4.57 Å². The highest BCUT2D eigenvalue weighted by Gasteiger charge is 2.25. The number of nitrogens with zero attached hydrogens (tertiary/aromatic N) is 8. The van der Waals surface area contributed by atoms with Gasteiger partial charge in [0, 0.05) is 49.7 Å². The first-order valence-corrected chi connectivity index (χ1v) is 18.0. The van der Waals surface area contributed by atoms with Gasteiger partial charge in [-0.05, 0) is 60.7 Å². The first-order chi connectivity index (χ1) is 28.1. The van der Waals surface area contributed by atoms with Crippen molar-refractivity contribution in [1.29, 1.82) is 21.0 Å². The number of rotatable bonds is 6. The number of fused-ring (bicyclic) bond motifs is 3. The molecule has 0 unspecified atom stereocenters. The zero-order valence-electron chi connectivity index (χ0n) is 30.1. The number of hydrogen-bond donors (Lipinski definition) is 0. The molecule has 8 heteroatoms. The van der Waals surface area contributed by atoms with Crippen LogP contribution in [0.3, 0.4) is 0 Å². The van der Waals surface area contributed by atoms with Gasteiger partial charge in [0.15, 0.2) is 17.5 Å². The van der Waals surface area contributed by atoms with E-state index in [0.29, 0.717) is 73.2 Å². The summed E-state index contributed by atoms with van der Waals surface area (Å²) in [5.41, 5.74) is 9.04. The topological polar surface area (TPSA) is 139 Å². The third kappa shape index (κ3) is 5.99. The molecule has 0 fully saturated rings. The van der Waals surface area contributed by atoms with Gasteiger partial charge in [0.1, 0.15) is 0 Å². The molecule has 0 saturated carbocycles. The average Bonchev–Trinajstić information content (AvgIpc) is 3.61. The Morgan fingerprint density at radius 2 is 0.772 bits per heavy atom. The lowest BCUT2D eigenvalue weighted by Gasteiger charge is -2.22. The summed E-state index contributed by atoms with van der Waals surface area (Å²) in [6.07, 6.45) is 0. The zero-order valence-corrected chi connectivity index (χ0v) is 30.1. The Labute approximate surface area is 327 Å². The van der Waals surface area contributed by atoms with E-state index in [1.54, 1.807) is 24.3 Å². The van der Waals surface area contributed by atoms with E-state index in [9.17, 15) is 21.0 Å². The summed E-state index contributed by atoms with van der Waals surface area (Å²) >= 11 is 0. The van der Waals surface area contributed by atoms with Gasteiger partial charge in [0.25, 0.3) is 0 Å². The van der Waals surface area contributed by atoms with E-state index >= 15 is 0 Å². The standard InChI is InChI=1S/C49H26N8/c50-27-31-19-21-44-40(23-31)41-24-32(28-51)20-22-45(41)57(44)46-42(38-17-9-7-15-35(38)29-52)25-37(26-43(46)39-18-10-8-16-36(39)30-53)49-55-47(33-11-3-1-4-12-33)54-48(56-49)34-13-5-2-6-14-34/h1-26H. The van der Waals surface area contributed by atoms with Crippen LogP contribution in [-0.4, -0.2) is 19.5 Å². The summed E-state index contributed by atoms with van der Waals surface area (Å²) in [5, 5.41) is 42.5. The molecule has 262 valence electrons. The van der Waals surface area contributed by atoms with Crippen LogP contribution in [0.1, 0.15) is 22.3 Å². The first-order valence-electron chi connectivity index (χ1n) is 18.0. The van der Waals surface area contributed by atoms with Gasteiger partial charge in [-0.2, -0.15) is 21.0 Å². The summed E-state index contributed by atoms with van der Waals surface area (Å²) in [7, 11) is 0. The predicted octanol–water partition coefficient (Wildman–Crippen LogP) is 10.8. The molecule has 9 rings (SSSR count). The number of nitriles is 4. The third-order valence-electron chi connectivity index (χ3n) is 9.99. The minimum Gasteiger partial charge on any atom is -0.308 e. The summed E-state index contributed by atoms with van der Waals surface area (Å²) in [6, 6.07) is 58.6. The monoisotopic (exact) mass is 726 g/mol. The van der Waals surface area contributed by atoms with Gasteiger partial charge >= 0.3 is 0 Å². The van der Waals surface area contributed by atoms with Crippen molar-refractivity contribution < 1.29 is 0 Å². The van der Waals surface area contributed by atoms with Crippen molar-refractivity contribution in [3.63, 3.8) is 0 Å². The quantitative estimate of drug-likeness (QED) is 0.166. The fourth-order valence-corrected chi connectivity index (χ4v) is 7.39. The molecule has 0 spiro atoms. The normalized spacial score (nSPS) is 10.7. The molecule has 2 heterocycles. The smallest absolute Gasteiger partial charge is 0.164 e. The van der Waals surface area contributed by atoms with Crippen LogP contribution < -0.4 is 0 Å². The Balaban J connectivity index is 1.47. The van der Waals surface area contributed by atoms with Crippen molar-refractivity contribution in [1.82, 2.24) is 19.5 Å². The van der Waals surface area contributed by atoms with Gasteiger partial charge in [0.05, 0.1) is 63.3 Å². The molecule has 0 N–H and O–H groups in total. The maximum Gasteiger partial charge on any atom is 0.164 e. The molecule has 0 amide bonds. The molecule has 0 saturated heterocycles. The third-order valence-corrected chi connectivity index (χ3v) is 9.99. The molecule has 8 nitrogen and oxygen atoms in total. The fraction of sp³-hybridized carbons (Fsp3) is 0. The minimum atomic E-state index is 0.403. The number of hydrogen-bond acceptors (Lipinski definition) is 7. The van der Waals surface area contributed by atoms with Crippen LogP contribution in [0, 0.1) is 45.3 Å². The van der Waals surface area contributed by atoms with Crippen molar-refractivity contribution in [2.75, 3.05) is 0 Å². The molecule has 0 radical (unpaired) electrons. The Morgan fingerprint density at radius 3 is 1.19 bits per heavy atom. The van der Waals surface area contributed by atoms with E-state index in [2.05, 4.69) is 28.8 Å². The SMILES string of the molecule is N#Cc1ccc2c(c1)c1cc(C#N)ccc1n2-c1c(-c2ccccc2C#N)cc(-c2nc(-c3ccccc3)nc(-c3ccccc3)n2)cc1-c1ccccc1C#N. The Hall–Kier alpha value is -8.69. The summed E-state index contributed by atoms with van der Waals surface area (Å²) in [5.74, 6) is 1.39. The molecule has 0 bridgehead atoms. The molecule has 2 aromatic heterocycles. The van der Waals surface area contributed by atoms with Crippen LogP contribution in [0.5, 0.6) is 0 Å². The molecule has 0 atom stereocenters. The van der Waals surface area contributed by atoms with Gasteiger partial charge in [-0.15, -0.1) is 0 Å². The van der Waals surface area contributed by atoms with Gasteiger partial charge in [-0.3, -0.25) is 0 Å². The molecular formula is C49H26N8. The fourth-order valence-electron chi connectivity index (χ4n) is 7.39. The van der Waals surface area contributed by atoms with Crippen molar-refractivity contribution in [2.24, 2.45) is 0 Å². The van der Waals surface area contributed by atoms with Crippen LogP contribution >= 0.6 is 0 Å². The largest absolute Gasteiger partial charge is 0.308 e. The molecule has 57 heavy (non-hydrogen) atoms. The highest BCUT2D eigenvalue weighted by Crippen LogP contribution is 2.45. The zero-order chi connectivity index (χ0) is 38.9. The summed E-state index contributed by atoms with van der Waals surface area (Å²) < 4.78 is 2.10. The average molecular weight is 727 g/mol. The van der Waals surface area contributed by atoms with Crippen LogP contribution in [0.25, 0.3) is 83.9 Å². The van der Waals surface area contributed by atoms with E-state index in [4.69, 9.17) is 15.0 Å². The first kappa shape index (κ1) is 34.1. The van der Waals surface area contributed by atoms with Crippen LogP contribution in [0.15, 0.2) is 158 Å². The Morgan fingerprint density at radius 1 is 0.368 bits per heavy atom. The maximum atomic E-state index is 10.5. The Bertz CT molecular complexity index is 3020. The van der Waals surface area contributed by atoms with Gasteiger partial charge in [-0.25, -0.2) is 15.0 Å². The minimum absolute atomic E-state index is 0.403. The summed E-state index contributed by atoms with van der Waals surface area (Å²) in [6.45, 7) is 0. The maximum absolute atomic E-state index is 10.5. The van der Waals surface area contributed by atoms with E-state index in [-0.39, 0.29) is 0 Å². The second-order valence-electron chi connectivity index (χ2n) is 13.3. The molecule has 0 aliphatic rings. The molecule has 9 aromatic rings. The highest BCUT2D eigenvalue weighted by molar-refractivity contribution is 6.11. The molecular weight excluding hydrogens is 701 g/mol. The molecule has 7 aromatic carbocycles. The van der Waals surface area contributed by atoms with Gasteiger partial charge in [-0.1, -0.05) is 97.1 Å². The lowest BCUT2D eigenvalue weighted by Crippen LogP contribution is -2.05. The number of aromatic nitrogens is 4. The summed E-state index contributed by atoms with van der Waals surface area (Å²) in [4.78, 5) is 15.0. The van der Waals surface area contributed by atoms with Crippen LogP contribution in [-0.2, 0) is 0 Å². The van der Waals surface area contributed by atoms with Crippen LogP contribution in [0.4, 0.5) is 0 Å². The number of benzene rings is 7. The van der Waals surface area contributed by atoms with Crippen LogP contribution in [0.2, 0.25) is 0 Å². The predicted molar refractivity (Wildman–Crippen MR) is 220 cm³/mol. The lowest BCUT2D eigenvalue weighted by molar-refractivity contribution is 1.07. The van der Waals surface area contributed by atoms with E-state index < -0.39 is 0 Å². The van der Waals surface area contributed by atoms with Crippen molar-refractivity contribution in [3.05, 3.63) is 180 Å². The molecule has 0 aliphatic heterocycles.